The number of hydrogen-bond acceptors (Lipinski definition) is 4. The van der Waals surface area contributed by atoms with Gasteiger partial charge in [-0.3, -0.25) is 4.79 Å². The molecule has 0 aliphatic heterocycles. The molecular formula is C21H18NaO4P. The van der Waals surface area contributed by atoms with Gasteiger partial charge in [-0.05, 0) is 16.7 Å². The van der Waals surface area contributed by atoms with E-state index in [1.165, 1.54) is 0 Å². The number of carbonyl (C=O) groups excluding carboxylic acids is 1. The Morgan fingerprint density at radius 3 is 1.93 bits per heavy atom. The number of ketones is 1. The largest absolute Gasteiger partial charge is 1.00 e. The van der Waals surface area contributed by atoms with Gasteiger partial charge in [0.25, 0.3) is 0 Å². The minimum Gasteiger partial charge on any atom is -0.778 e. The van der Waals surface area contributed by atoms with Gasteiger partial charge in [-0.2, -0.15) is 0 Å². The second-order valence-corrected chi connectivity index (χ2v) is 7.69. The molecule has 0 heterocycles. The molecule has 4 nitrogen and oxygen atoms in total. The van der Waals surface area contributed by atoms with Gasteiger partial charge in [0.05, 0.1) is 12.8 Å². The Morgan fingerprint density at radius 1 is 0.815 bits per heavy atom. The molecule has 1 atom stereocenters. The van der Waals surface area contributed by atoms with E-state index in [0.717, 1.165) is 16.7 Å². The van der Waals surface area contributed by atoms with E-state index in [2.05, 4.69) is 0 Å². The Balaban J connectivity index is 0.00000261. The van der Waals surface area contributed by atoms with E-state index in [1.54, 1.807) is 36.4 Å². The third-order valence-electron chi connectivity index (χ3n) is 3.92. The minimum absolute atomic E-state index is 0. The summed E-state index contributed by atoms with van der Waals surface area (Å²) in [6.07, 6.45) is -0.648. The molecular weight excluding hydrogens is 370 g/mol. The Hall–Kier alpha value is -1.52. The maximum absolute atomic E-state index is 12.3. The van der Waals surface area contributed by atoms with E-state index in [9.17, 15) is 14.3 Å². The molecule has 0 radical (unpaired) electrons. The van der Waals surface area contributed by atoms with Crippen LogP contribution in [0, 0.1) is 0 Å². The molecule has 0 aliphatic carbocycles. The summed E-state index contributed by atoms with van der Waals surface area (Å²) in [7, 11) is -4.25. The van der Waals surface area contributed by atoms with Crippen molar-refractivity contribution in [3.05, 3.63) is 96.1 Å². The van der Waals surface area contributed by atoms with E-state index in [4.69, 9.17) is 4.52 Å². The summed E-state index contributed by atoms with van der Waals surface area (Å²) >= 11 is 0. The zero-order valence-electron chi connectivity index (χ0n) is 15.1. The predicted molar refractivity (Wildman–Crippen MR) is 99.9 cm³/mol. The Labute approximate surface area is 181 Å². The van der Waals surface area contributed by atoms with Crippen molar-refractivity contribution in [2.45, 2.75) is 6.61 Å². The summed E-state index contributed by atoms with van der Waals surface area (Å²) in [5.74, 6) is -0.476. The maximum Gasteiger partial charge on any atom is 1.00 e. The zero-order chi connectivity index (χ0) is 18.4. The Kier molecular flexibility index (Phi) is 8.18. The molecule has 0 spiro atoms. The van der Waals surface area contributed by atoms with E-state index < -0.39 is 19.5 Å². The van der Waals surface area contributed by atoms with Crippen LogP contribution < -0.4 is 34.5 Å². The SMILES string of the molecule is O=C(CP(=O)([O-])OCc1ccccc1)c1ccc(-c2ccccc2)cc1.[Na+]. The summed E-state index contributed by atoms with van der Waals surface area (Å²) in [6.45, 7) is -0.0676. The fraction of sp³-hybridized carbons (Fsp3) is 0.0952. The zero-order valence-corrected chi connectivity index (χ0v) is 18.0. The first-order chi connectivity index (χ1) is 12.5. The van der Waals surface area contributed by atoms with Crippen molar-refractivity contribution in [3.63, 3.8) is 0 Å². The van der Waals surface area contributed by atoms with Crippen LogP contribution in [0.1, 0.15) is 15.9 Å². The summed E-state index contributed by atoms with van der Waals surface area (Å²) in [5.41, 5.74) is 3.09. The van der Waals surface area contributed by atoms with Crippen LogP contribution in [0.3, 0.4) is 0 Å². The van der Waals surface area contributed by atoms with Crippen molar-refractivity contribution in [1.82, 2.24) is 0 Å². The maximum atomic E-state index is 12.3. The summed E-state index contributed by atoms with van der Waals surface area (Å²) in [5, 5.41) is 0. The second kappa shape index (κ2) is 10.1. The van der Waals surface area contributed by atoms with Gasteiger partial charge in [-0.15, -0.1) is 0 Å². The Bertz CT molecular complexity index is 912. The first-order valence-electron chi connectivity index (χ1n) is 8.21. The van der Waals surface area contributed by atoms with Crippen molar-refractivity contribution in [2.24, 2.45) is 0 Å². The molecule has 0 fully saturated rings. The molecule has 0 bridgehead atoms. The van der Waals surface area contributed by atoms with Gasteiger partial charge < -0.3 is 14.0 Å². The third-order valence-corrected chi connectivity index (χ3v) is 5.12. The number of hydrogen-bond donors (Lipinski definition) is 0. The third kappa shape index (κ3) is 6.54. The number of benzene rings is 3. The van der Waals surface area contributed by atoms with Crippen LogP contribution in [-0.2, 0) is 15.7 Å². The number of rotatable bonds is 7. The van der Waals surface area contributed by atoms with Crippen LogP contribution >= 0.6 is 7.60 Å². The van der Waals surface area contributed by atoms with Gasteiger partial charge in [0, 0.05) is 5.56 Å². The first-order valence-corrected chi connectivity index (χ1v) is 9.93. The smallest absolute Gasteiger partial charge is 0.778 e. The van der Waals surface area contributed by atoms with Gasteiger partial charge in [0.15, 0.2) is 5.78 Å². The molecule has 3 aromatic carbocycles. The van der Waals surface area contributed by atoms with Gasteiger partial charge in [0.1, 0.15) is 7.60 Å². The second-order valence-electron chi connectivity index (χ2n) is 5.89. The van der Waals surface area contributed by atoms with Crippen molar-refractivity contribution in [2.75, 3.05) is 6.16 Å². The first kappa shape index (κ1) is 21.8. The topological polar surface area (TPSA) is 66.4 Å². The molecule has 0 aromatic heterocycles. The van der Waals surface area contributed by atoms with Gasteiger partial charge >= 0.3 is 29.6 Å². The van der Waals surface area contributed by atoms with Crippen LogP contribution in [0.25, 0.3) is 11.1 Å². The monoisotopic (exact) mass is 388 g/mol. The molecule has 27 heavy (non-hydrogen) atoms. The van der Waals surface area contributed by atoms with E-state index >= 15 is 0 Å². The van der Waals surface area contributed by atoms with Crippen LogP contribution in [-0.4, -0.2) is 11.9 Å². The van der Waals surface area contributed by atoms with Crippen molar-refractivity contribution in [1.29, 1.82) is 0 Å². The molecule has 132 valence electrons. The van der Waals surface area contributed by atoms with Gasteiger partial charge in [-0.25, -0.2) is 0 Å². The molecule has 3 aromatic rings. The molecule has 0 saturated carbocycles. The molecule has 0 N–H and O–H groups in total. The summed E-state index contributed by atoms with van der Waals surface area (Å²) in [4.78, 5) is 24.3. The molecule has 6 heteroatoms. The van der Waals surface area contributed by atoms with E-state index in [-0.39, 0.29) is 36.2 Å². The number of Topliss-reactive ketones (excluding diaryl/α,β-unsaturated/α-hetero) is 1. The molecule has 0 aliphatic rings. The molecule has 3 rings (SSSR count). The van der Waals surface area contributed by atoms with Crippen LogP contribution in [0.5, 0.6) is 0 Å². The van der Waals surface area contributed by atoms with E-state index in [0.29, 0.717) is 5.56 Å². The standard InChI is InChI=1S/C21H19O4P.Na/c22-21(16-26(23,24)25-15-17-7-3-1-4-8-17)20-13-11-19(12-14-20)18-9-5-2-6-10-18;/h1-14H,15-16H2,(H,23,24);/q;+1/p-1. The predicted octanol–water partition coefficient (Wildman–Crippen LogP) is 1.31. The van der Waals surface area contributed by atoms with Crippen LogP contribution in [0.15, 0.2) is 84.9 Å². The summed E-state index contributed by atoms with van der Waals surface area (Å²) < 4.78 is 17.0. The normalized spacial score (nSPS) is 12.6. The van der Waals surface area contributed by atoms with Crippen molar-refractivity contribution < 1.29 is 48.3 Å². The molecule has 0 saturated heterocycles. The minimum atomic E-state index is -4.25. The van der Waals surface area contributed by atoms with Crippen LogP contribution in [0.2, 0.25) is 0 Å². The molecule has 0 amide bonds. The Morgan fingerprint density at radius 2 is 1.33 bits per heavy atom. The van der Waals surface area contributed by atoms with Gasteiger partial charge in [0.2, 0.25) is 0 Å². The van der Waals surface area contributed by atoms with Gasteiger partial charge in [-0.1, -0.05) is 84.9 Å². The molecule has 1 unspecified atom stereocenters. The van der Waals surface area contributed by atoms with Crippen molar-refractivity contribution in [3.8, 4) is 11.1 Å². The average molecular weight is 388 g/mol. The van der Waals surface area contributed by atoms with Crippen molar-refractivity contribution >= 4 is 13.4 Å². The quantitative estimate of drug-likeness (QED) is 0.348. The average Bonchev–Trinajstić information content (AvgIpc) is 2.68. The van der Waals surface area contributed by atoms with Crippen LogP contribution in [0.4, 0.5) is 0 Å². The number of carbonyl (C=O) groups is 1. The van der Waals surface area contributed by atoms with E-state index in [1.807, 2.05) is 48.5 Å². The summed E-state index contributed by atoms with van der Waals surface area (Å²) in [6, 6.07) is 25.6. The fourth-order valence-corrected chi connectivity index (χ4v) is 3.51. The fourth-order valence-electron chi connectivity index (χ4n) is 2.54.